The van der Waals surface area contributed by atoms with Gasteiger partial charge in [0, 0.05) is 13.2 Å². The van der Waals surface area contributed by atoms with Crippen LogP contribution >= 0.6 is 0 Å². The molecule has 2 heteroatoms. The summed E-state index contributed by atoms with van der Waals surface area (Å²) in [5.41, 5.74) is 5.94. The normalized spacial score (nSPS) is 33.6. The molecular weight excluding hydrogens is 198 g/mol. The van der Waals surface area contributed by atoms with Gasteiger partial charge in [-0.2, -0.15) is 0 Å². The van der Waals surface area contributed by atoms with E-state index in [-0.39, 0.29) is 0 Å². The first kappa shape index (κ1) is 12.4. The molecule has 2 unspecified atom stereocenters. The van der Waals surface area contributed by atoms with Crippen LogP contribution in [0, 0.1) is 17.8 Å². The first-order valence-corrected chi connectivity index (χ1v) is 7.18. The van der Waals surface area contributed by atoms with Crippen molar-refractivity contribution in [1.29, 1.82) is 0 Å². The Kier molecular flexibility index (Phi) is 5.11. The summed E-state index contributed by atoms with van der Waals surface area (Å²) in [7, 11) is 0. The zero-order chi connectivity index (χ0) is 11.2. The average molecular weight is 225 g/mol. The molecule has 1 saturated heterocycles. The van der Waals surface area contributed by atoms with E-state index in [2.05, 4.69) is 0 Å². The zero-order valence-corrected chi connectivity index (χ0v) is 10.5. The van der Waals surface area contributed by atoms with Crippen molar-refractivity contribution in [2.75, 3.05) is 19.8 Å². The highest BCUT2D eigenvalue weighted by atomic mass is 16.5. The fraction of sp³-hybridized carbons (Fsp3) is 1.00. The van der Waals surface area contributed by atoms with E-state index in [1.54, 1.807) is 0 Å². The molecular formula is C14H27NO. The number of ether oxygens (including phenoxy) is 1. The van der Waals surface area contributed by atoms with Crippen molar-refractivity contribution < 1.29 is 4.74 Å². The van der Waals surface area contributed by atoms with E-state index in [1.165, 1.54) is 51.4 Å². The Morgan fingerprint density at radius 2 is 1.56 bits per heavy atom. The van der Waals surface area contributed by atoms with Gasteiger partial charge in [-0.3, -0.25) is 0 Å². The van der Waals surface area contributed by atoms with Crippen LogP contribution in [0.4, 0.5) is 0 Å². The SMILES string of the molecule is NCC1CCCCCC1CC1CCOCC1. The standard InChI is InChI=1S/C14H27NO/c15-11-14-5-3-1-2-4-13(14)10-12-6-8-16-9-7-12/h12-14H,1-11,15H2. The average Bonchev–Trinajstić information content (AvgIpc) is 2.55. The summed E-state index contributed by atoms with van der Waals surface area (Å²) in [6.07, 6.45) is 11.1. The predicted molar refractivity (Wildman–Crippen MR) is 67.3 cm³/mol. The van der Waals surface area contributed by atoms with Crippen LogP contribution in [-0.2, 0) is 4.74 Å². The third-order valence-electron chi connectivity index (χ3n) is 4.60. The van der Waals surface area contributed by atoms with Crippen molar-refractivity contribution in [2.45, 2.75) is 51.4 Å². The highest BCUT2D eigenvalue weighted by Gasteiger charge is 2.26. The lowest BCUT2D eigenvalue weighted by molar-refractivity contribution is 0.0542. The summed E-state index contributed by atoms with van der Waals surface area (Å²) in [5.74, 6) is 2.65. The molecule has 2 aliphatic rings. The maximum absolute atomic E-state index is 5.94. The van der Waals surface area contributed by atoms with Gasteiger partial charge in [0.2, 0.25) is 0 Å². The molecule has 1 aliphatic heterocycles. The van der Waals surface area contributed by atoms with E-state index in [0.717, 1.165) is 37.5 Å². The van der Waals surface area contributed by atoms with E-state index >= 15 is 0 Å². The molecule has 2 atom stereocenters. The number of hydrogen-bond acceptors (Lipinski definition) is 2. The highest BCUT2D eigenvalue weighted by molar-refractivity contribution is 4.78. The molecule has 2 N–H and O–H groups in total. The van der Waals surface area contributed by atoms with Gasteiger partial charge in [0.15, 0.2) is 0 Å². The van der Waals surface area contributed by atoms with Gasteiger partial charge in [-0.1, -0.05) is 25.7 Å². The van der Waals surface area contributed by atoms with Gasteiger partial charge < -0.3 is 10.5 Å². The molecule has 1 saturated carbocycles. The van der Waals surface area contributed by atoms with Gasteiger partial charge in [-0.05, 0) is 50.0 Å². The van der Waals surface area contributed by atoms with Crippen LogP contribution < -0.4 is 5.73 Å². The minimum atomic E-state index is 0.811. The van der Waals surface area contributed by atoms with Gasteiger partial charge in [0.1, 0.15) is 0 Å². The Morgan fingerprint density at radius 1 is 0.875 bits per heavy atom. The fourth-order valence-corrected chi connectivity index (χ4v) is 3.49. The third kappa shape index (κ3) is 3.46. The maximum atomic E-state index is 5.94. The van der Waals surface area contributed by atoms with Gasteiger partial charge in [-0.25, -0.2) is 0 Å². The minimum Gasteiger partial charge on any atom is -0.381 e. The lowest BCUT2D eigenvalue weighted by atomic mass is 9.79. The van der Waals surface area contributed by atoms with Crippen LogP contribution in [-0.4, -0.2) is 19.8 Å². The van der Waals surface area contributed by atoms with Gasteiger partial charge in [0.25, 0.3) is 0 Å². The molecule has 0 amide bonds. The Morgan fingerprint density at radius 3 is 2.25 bits per heavy atom. The molecule has 0 radical (unpaired) electrons. The molecule has 0 aromatic heterocycles. The van der Waals surface area contributed by atoms with Crippen LogP contribution in [0.5, 0.6) is 0 Å². The molecule has 2 fully saturated rings. The molecule has 0 bridgehead atoms. The molecule has 16 heavy (non-hydrogen) atoms. The van der Waals surface area contributed by atoms with Crippen molar-refractivity contribution in [3.05, 3.63) is 0 Å². The summed E-state index contributed by atoms with van der Waals surface area (Å²) in [5, 5.41) is 0. The lowest BCUT2D eigenvalue weighted by Crippen LogP contribution is -2.26. The predicted octanol–water partition coefficient (Wildman–Crippen LogP) is 2.96. The first-order chi connectivity index (χ1) is 7.90. The fourth-order valence-electron chi connectivity index (χ4n) is 3.49. The van der Waals surface area contributed by atoms with Crippen LogP contribution in [0.15, 0.2) is 0 Å². The largest absolute Gasteiger partial charge is 0.381 e. The highest BCUT2D eigenvalue weighted by Crippen LogP contribution is 2.35. The molecule has 0 aromatic carbocycles. The molecule has 0 aromatic rings. The first-order valence-electron chi connectivity index (χ1n) is 7.18. The Labute approximate surface area is 99.9 Å². The van der Waals surface area contributed by atoms with Crippen molar-refractivity contribution in [3.63, 3.8) is 0 Å². The van der Waals surface area contributed by atoms with Crippen LogP contribution in [0.2, 0.25) is 0 Å². The van der Waals surface area contributed by atoms with E-state index in [1.807, 2.05) is 0 Å². The molecule has 0 spiro atoms. The van der Waals surface area contributed by atoms with Crippen molar-refractivity contribution >= 4 is 0 Å². The molecule has 2 rings (SSSR count). The summed E-state index contributed by atoms with van der Waals surface area (Å²) >= 11 is 0. The molecule has 1 heterocycles. The second-order valence-corrected chi connectivity index (χ2v) is 5.69. The summed E-state index contributed by atoms with van der Waals surface area (Å²) in [6.45, 7) is 2.89. The van der Waals surface area contributed by atoms with Gasteiger partial charge >= 0.3 is 0 Å². The Balaban J connectivity index is 1.83. The van der Waals surface area contributed by atoms with Crippen molar-refractivity contribution in [3.8, 4) is 0 Å². The molecule has 1 aliphatic carbocycles. The molecule has 2 nitrogen and oxygen atoms in total. The quantitative estimate of drug-likeness (QED) is 0.749. The topological polar surface area (TPSA) is 35.2 Å². The Hall–Kier alpha value is -0.0800. The monoisotopic (exact) mass is 225 g/mol. The number of rotatable bonds is 3. The second-order valence-electron chi connectivity index (χ2n) is 5.69. The van der Waals surface area contributed by atoms with Crippen molar-refractivity contribution in [1.82, 2.24) is 0 Å². The van der Waals surface area contributed by atoms with Gasteiger partial charge in [0.05, 0.1) is 0 Å². The third-order valence-corrected chi connectivity index (χ3v) is 4.60. The molecule has 94 valence electrons. The minimum absolute atomic E-state index is 0.811. The van der Waals surface area contributed by atoms with Crippen LogP contribution in [0.1, 0.15) is 51.4 Å². The number of hydrogen-bond donors (Lipinski definition) is 1. The van der Waals surface area contributed by atoms with Crippen molar-refractivity contribution in [2.24, 2.45) is 23.5 Å². The summed E-state index contributed by atoms with van der Waals surface area (Å²) in [6, 6.07) is 0. The van der Waals surface area contributed by atoms with E-state index in [9.17, 15) is 0 Å². The second kappa shape index (κ2) is 6.61. The van der Waals surface area contributed by atoms with E-state index in [4.69, 9.17) is 10.5 Å². The summed E-state index contributed by atoms with van der Waals surface area (Å²) in [4.78, 5) is 0. The maximum Gasteiger partial charge on any atom is 0.0468 e. The lowest BCUT2D eigenvalue weighted by Gasteiger charge is -2.30. The van der Waals surface area contributed by atoms with Crippen LogP contribution in [0.3, 0.4) is 0 Å². The zero-order valence-electron chi connectivity index (χ0n) is 10.5. The smallest absolute Gasteiger partial charge is 0.0468 e. The number of nitrogens with two attached hydrogens (primary N) is 1. The van der Waals surface area contributed by atoms with Crippen LogP contribution in [0.25, 0.3) is 0 Å². The Bertz CT molecular complexity index is 189. The van der Waals surface area contributed by atoms with E-state index in [0.29, 0.717) is 0 Å². The van der Waals surface area contributed by atoms with Gasteiger partial charge in [-0.15, -0.1) is 0 Å². The van der Waals surface area contributed by atoms with E-state index < -0.39 is 0 Å². The summed E-state index contributed by atoms with van der Waals surface area (Å²) < 4.78 is 5.44.